The van der Waals surface area contributed by atoms with Gasteiger partial charge in [-0.15, -0.1) is 0 Å². The van der Waals surface area contributed by atoms with E-state index in [1.165, 1.54) is 5.56 Å². The number of benzene rings is 2. The molecule has 3 aromatic rings. The van der Waals surface area contributed by atoms with Crippen LogP contribution in [0.3, 0.4) is 0 Å². The first-order chi connectivity index (χ1) is 14.8. The largest absolute Gasteiger partial charge is 0.497 e. The molecular formula is C25H29N3O3. The van der Waals surface area contributed by atoms with Crippen LogP contribution in [0.15, 0.2) is 54.6 Å². The van der Waals surface area contributed by atoms with Gasteiger partial charge in [-0.25, -0.2) is 0 Å². The van der Waals surface area contributed by atoms with Crippen LogP contribution >= 0.6 is 0 Å². The first-order valence-electron chi connectivity index (χ1n) is 10.6. The van der Waals surface area contributed by atoms with Gasteiger partial charge in [0.25, 0.3) is 0 Å². The lowest BCUT2D eigenvalue weighted by molar-refractivity contribution is -0.115. The number of aromatic nitrogens is 2. The molecule has 6 nitrogen and oxygen atoms in total. The van der Waals surface area contributed by atoms with Crippen molar-refractivity contribution in [3.05, 3.63) is 77.0 Å². The van der Waals surface area contributed by atoms with Gasteiger partial charge in [-0.05, 0) is 61.4 Å². The third-order valence-corrected chi connectivity index (χ3v) is 6.03. The SMILES string of the molecule is COc1ccc(CC(=O)Nc2cc(C3CC(c4cccc(C(C)(C)O)c4)C3)[nH]n2)cc1. The zero-order valence-electron chi connectivity index (χ0n) is 18.2. The number of nitrogens with zero attached hydrogens (tertiary/aromatic N) is 1. The molecule has 1 aromatic heterocycles. The summed E-state index contributed by atoms with van der Waals surface area (Å²) in [6, 6.07) is 17.6. The number of aliphatic hydroxyl groups is 1. The molecule has 0 radical (unpaired) electrons. The van der Waals surface area contributed by atoms with Crippen molar-refractivity contribution in [3.63, 3.8) is 0 Å². The highest BCUT2D eigenvalue weighted by atomic mass is 16.5. The van der Waals surface area contributed by atoms with Crippen molar-refractivity contribution in [1.29, 1.82) is 0 Å². The van der Waals surface area contributed by atoms with Gasteiger partial charge in [0.05, 0.1) is 19.1 Å². The van der Waals surface area contributed by atoms with Crippen molar-refractivity contribution in [2.75, 3.05) is 12.4 Å². The molecule has 0 unspecified atom stereocenters. The second-order valence-corrected chi connectivity index (χ2v) is 8.83. The summed E-state index contributed by atoms with van der Waals surface area (Å²) in [5.74, 6) is 2.10. The Morgan fingerprint density at radius 2 is 1.90 bits per heavy atom. The Labute approximate surface area is 182 Å². The van der Waals surface area contributed by atoms with E-state index in [1.807, 2.05) is 56.3 Å². The normalized spacial score (nSPS) is 18.3. The van der Waals surface area contributed by atoms with Gasteiger partial charge < -0.3 is 15.2 Å². The van der Waals surface area contributed by atoms with E-state index < -0.39 is 5.60 Å². The minimum atomic E-state index is -0.832. The van der Waals surface area contributed by atoms with Crippen molar-refractivity contribution >= 4 is 11.7 Å². The lowest BCUT2D eigenvalue weighted by Crippen LogP contribution is -2.22. The third-order valence-electron chi connectivity index (χ3n) is 6.03. The summed E-state index contributed by atoms with van der Waals surface area (Å²) < 4.78 is 5.14. The lowest BCUT2D eigenvalue weighted by Gasteiger charge is -2.35. The van der Waals surface area contributed by atoms with Crippen LogP contribution < -0.4 is 10.1 Å². The Morgan fingerprint density at radius 3 is 2.58 bits per heavy atom. The summed E-state index contributed by atoms with van der Waals surface area (Å²) in [6.07, 6.45) is 2.34. The van der Waals surface area contributed by atoms with Gasteiger partial charge in [-0.1, -0.05) is 36.4 Å². The Balaban J connectivity index is 1.31. The Hall–Kier alpha value is -3.12. The van der Waals surface area contributed by atoms with Crippen LogP contribution in [0.4, 0.5) is 5.82 Å². The number of H-pyrrole nitrogens is 1. The fraction of sp³-hybridized carbons (Fsp3) is 0.360. The standard InChI is InChI=1S/C25H29N3O3/c1-25(2,30)20-6-4-5-17(14-20)18-12-19(13-18)22-15-23(28-27-22)26-24(29)11-16-7-9-21(31-3)10-8-16/h4-10,14-15,18-19,30H,11-13H2,1-3H3,(H2,26,27,28,29). The summed E-state index contributed by atoms with van der Waals surface area (Å²) in [7, 11) is 1.62. The molecule has 0 bridgehead atoms. The summed E-state index contributed by atoms with van der Waals surface area (Å²) in [4.78, 5) is 12.3. The number of anilines is 1. The zero-order valence-corrected chi connectivity index (χ0v) is 18.2. The van der Waals surface area contributed by atoms with Crippen molar-refractivity contribution in [3.8, 4) is 5.75 Å². The number of carbonyl (C=O) groups excluding carboxylic acids is 1. The number of carbonyl (C=O) groups is 1. The molecule has 1 aliphatic carbocycles. The fourth-order valence-electron chi connectivity index (χ4n) is 4.04. The molecule has 2 aromatic carbocycles. The van der Waals surface area contributed by atoms with E-state index in [1.54, 1.807) is 7.11 Å². The number of aromatic amines is 1. The fourth-order valence-corrected chi connectivity index (χ4v) is 4.04. The molecule has 162 valence electrons. The van der Waals surface area contributed by atoms with Gasteiger partial charge in [0, 0.05) is 17.7 Å². The molecular weight excluding hydrogens is 390 g/mol. The van der Waals surface area contributed by atoms with Crippen molar-refractivity contribution in [2.45, 2.75) is 50.5 Å². The molecule has 0 atom stereocenters. The summed E-state index contributed by atoms with van der Waals surface area (Å²) in [5.41, 5.74) is 3.35. The summed E-state index contributed by atoms with van der Waals surface area (Å²) in [5, 5.41) is 20.5. The number of hydrogen-bond acceptors (Lipinski definition) is 4. The van der Waals surface area contributed by atoms with Gasteiger partial charge in [-0.3, -0.25) is 9.89 Å². The number of amides is 1. The van der Waals surface area contributed by atoms with Crippen LogP contribution in [0.25, 0.3) is 0 Å². The maximum absolute atomic E-state index is 12.3. The van der Waals surface area contributed by atoms with E-state index in [9.17, 15) is 9.90 Å². The summed E-state index contributed by atoms with van der Waals surface area (Å²) in [6.45, 7) is 3.62. The molecule has 1 aliphatic rings. The molecule has 4 rings (SSSR count). The third kappa shape index (κ3) is 4.97. The van der Waals surface area contributed by atoms with Gasteiger partial charge in [0.2, 0.25) is 5.91 Å². The minimum Gasteiger partial charge on any atom is -0.497 e. The Bertz CT molecular complexity index is 1040. The van der Waals surface area contributed by atoms with E-state index in [0.717, 1.165) is 35.4 Å². The maximum atomic E-state index is 12.3. The van der Waals surface area contributed by atoms with E-state index in [0.29, 0.717) is 17.7 Å². The highest BCUT2D eigenvalue weighted by molar-refractivity contribution is 5.91. The van der Waals surface area contributed by atoms with Crippen LogP contribution in [0.5, 0.6) is 5.75 Å². The average molecular weight is 420 g/mol. The molecule has 1 heterocycles. The Morgan fingerprint density at radius 1 is 1.16 bits per heavy atom. The number of ether oxygens (including phenoxy) is 1. The first kappa shape index (κ1) is 21.1. The van der Waals surface area contributed by atoms with E-state index in [2.05, 4.69) is 27.6 Å². The molecule has 3 N–H and O–H groups in total. The van der Waals surface area contributed by atoms with Gasteiger partial charge >= 0.3 is 0 Å². The number of nitrogens with one attached hydrogen (secondary N) is 2. The monoisotopic (exact) mass is 419 g/mol. The van der Waals surface area contributed by atoms with Crippen molar-refractivity contribution < 1.29 is 14.6 Å². The van der Waals surface area contributed by atoms with Crippen LogP contribution in [-0.2, 0) is 16.8 Å². The summed E-state index contributed by atoms with van der Waals surface area (Å²) >= 11 is 0. The van der Waals surface area contributed by atoms with E-state index in [4.69, 9.17) is 4.74 Å². The highest BCUT2D eigenvalue weighted by Gasteiger charge is 2.33. The molecule has 6 heteroatoms. The highest BCUT2D eigenvalue weighted by Crippen LogP contribution is 2.47. The van der Waals surface area contributed by atoms with Gasteiger partial charge in [0.1, 0.15) is 5.75 Å². The predicted octanol–water partition coefficient (Wildman–Crippen LogP) is 4.49. The van der Waals surface area contributed by atoms with Crippen molar-refractivity contribution in [1.82, 2.24) is 10.2 Å². The molecule has 1 saturated carbocycles. The second-order valence-electron chi connectivity index (χ2n) is 8.83. The van der Waals surface area contributed by atoms with Gasteiger partial charge in [-0.2, -0.15) is 5.10 Å². The lowest BCUT2D eigenvalue weighted by atomic mass is 9.69. The van der Waals surface area contributed by atoms with Crippen LogP contribution in [0, 0.1) is 0 Å². The van der Waals surface area contributed by atoms with E-state index >= 15 is 0 Å². The number of hydrogen-bond donors (Lipinski definition) is 3. The molecule has 1 amide bonds. The molecule has 31 heavy (non-hydrogen) atoms. The van der Waals surface area contributed by atoms with Crippen LogP contribution in [0.1, 0.15) is 60.9 Å². The zero-order chi connectivity index (χ0) is 22.0. The minimum absolute atomic E-state index is 0.0989. The topological polar surface area (TPSA) is 87.2 Å². The predicted molar refractivity (Wildman–Crippen MR) is 120 cm³/mol. The quantitative estimate of drug-likeness (QED) is 0.527. The van der Waals surface area contributed by atoms with E-state index in [-0.39, 0.29) is 12.3 Å². The average Bonchev–Trinajstić information content (AvgIpc) is 3.14. The molecule has 0 spiro atoms. The molecule has 0 aliphatic heterocycles. The second kappa shape index (κ2) is 8.55. The Kier molecular flexibility index (Phi) is 5.83. The molecule has 1 fully saturated rings. The first-order valence-corrected chi connectivity index (χ1v) is 10.6. The van der Waals surface area contributed by atoms with Crippen LogP contribution in [-0.4, -0.2) is 28.3 Å². The smallest absolute Gasteiger partial charge is 0.229 e. The number of methoxy groups -OCH3 is 1. The van der Waals surface area contributed by atoms with Crippen LogP contribution in [0.2, 0.25) is 0 Å². The maximum Gasteiger partial charge on any atom is 0.229 e. The number of rotatable bonds is 7. The van der Waals surface area contributed by atoms with Gasteiger partial charge in [0.15, 0.2) is 5.82 Å². The van der Waals surface area contributed by atoms with Crippen molar-refractivity contribution in [2.24, 2.45) is 0 Å². The molecule has 0 saturated heterocycles.